The van der Waals surface area contributed by atoms with E-state index in [4.69, 9.17) is 4.52 Å². The van der Waals surface area contributed by atoms with Gasteiger partial charge >= 0.3 is 5.97 Å². The summed E-state index contributed by atoms with van der Waals surface area (Å²) >= 11 is 1.51. The summed E-state index contributed by atoms with van der Waals surface area (Å²) in [6, 6.07) is 11.7. The van der Waals surface area contributed by atoms with Crippen molar-refractivity contribution in [2.45, 2.75) is 27.2 Å². The molecular formula is C21H19N3O3S. The second kappa shape index (κ2) is 7.09. The Bertz CT molecular complexity index is 1180. The summed E-state index contributed by atoms with van der Waals surface area (Å²) in [4.78, 5) is 16.1. The molecule has 0 aliphatic heterocycles. The Morgan fingerprint density at radius 2 is 2.04 bits per heavy atom. The average Bonchev–Trinajstić information content (AvgIpc) is 3.32. The van der Waals surface area contributed by atoms with E-state index < -0.39 is 5.97 Å². The van der Waals surface area contributed by atoms with Crippen LogP contribution in [-0.4, -0.2) is 25.8 Å². The molecule has 0 amide bonds. The van der Waals surface area contributed by atoms with Crippen molar-refractivity contribution in [3.05, 3.63) is 64.1 Å². The molecule has 0 unspecified atom stereocenters. The van der Waals surface area contributed by atoms with E-state index in [-0.39, 0.29) is 6.42 Å². The standard InChI is InChI=1S/C21H19N3O3S/c1-12-8-15(14(3)24(12)19-9-13(2)27-23-19)10-16(11-20(25)26)21-22-17-6-4-5-7-18(17)28-21/h4-10H,11H2,1-3H3,(H,25,26). The second-order valence-electron chi connectivity index (χ2n) is 6.68. The molecule has 0 radical (unpaired) electrons. The van der Waals surface area contributed by atoms with Crippen LogP contribution < -0.4 is 0 Å². The predicted molar refractivity (Wildman–Crippen MR) is 110 cm³/mol. The molecular weight excluding hydrogens is 374 g/mol. The molecule has 0 aliphatic carbocycles. The van der Waals surface area contributed by atoms with Gasteiger partial charge in [0.25, 0.3) is 0 Å². The minimum absolute atomic E-state index is 0.0907. The number of hydrogen-bond donors (Lipinski definition) is 1. The number of carbonyl (C=O) groups is 1. The largest absolute Gasteiger partial charge is 0.481 e. The van der Waals surface area contributed by atoms with E-state index in [9.17, 15) is 9.90 Å². The third-order valence-electron chi connectivity index (χ3n) is 4.55. The van der Waals surface area contributed by atoms with Gasteiger partial charge in [0.2, 0.25) is 0 Å². The van der Waals surface area contributed by atoms with Gasteiger partial charge in [0.1, 0.15) is 10.8 Å². The summed E-state index contributed by atoms with van der Waals surface area (Å²) in [6.45, 7) is 5.83. The van der Waals surface area contributed by atoms with Gasteiger partial charge in [0.15, 0.2) is 5.82 Å². The van der Waals surface area contributed by atoms with Gasteiger partial charge < -0.3 is 9.63 Å². The fraction of sp³-hybridized carbons (Fsp3) is 0.190. The third kappa shape index (κ3) is 3.36. The van der Waals surface area contributed by atoms with E-state index in [0.717, 1.165) is 37.9 Å². The second-order valence-corrected chi connectivity index (χ2v) is 7.72. The molecule has 3 aromatic heterocycles. The van der Waals surface area contributed by atoms with Gasteiger partial charge in [-0.25, -0.2) is 4.98 Å². The van der Waals surface area contributed by atoms with Crippen LogP contribution in [0.2, 0.25) is 0 Å². The summed E-state index contributed by atoms with van der Waals surface area (Å²) in [5.41, 5.74) is 4.46. The zero-order chi connectivity index (χ0) is 19.8. The van der Waals surface area contributed by atoms with Crippen LogP contribution in [0.15, 0.2) is 40.9 Å². The van der Waals surface area contributed by atoms with Crippen LogP contribution in [0.3, 0.4) is 0 Å². The number of benzene rings is 1. The van der Waals surface area contributed by atoms with Crippen LogP contribution in [-0.2, 0) is 4.79 Å². The number of carboxylic acids is 1. The predicted octanol–water partition coefficient (Wildman–Crippen LogP) is 5.02. The first kappa shape index (κ1) is 18.2. The van der Waals surface area contributed by atoms with Crippen molar-refractivity contribution in [3.63, 3.8) is 0 Å². The Morgan fingerprint density at radius 3 is 2.71 bits per heavy atom. The molecule has 1 N–H and O–H groups in total. The Labute approximate surface area is 165 Å². The number of para-hydroxylation sites is 1. The van der Waals surface area contributed by atoms with E-state index >= 15 is 0 Å². The molecule has 0 saturated heterocycles. The Kier molecular flexibility index (Phi) is 4.60. The topological polar surface area (TPSA) is 81.2 Å². The van der Waals surface area contributed by atoms with E-state index in [0.29, 0.717) is 11.4 Å². The van der Waals surface area contributed by atoms with Crippen molar-refractivity contribution in [1.82, 2.24) is 14.7 Å². The van der Waals surface area contributed by atoms with Gasteiger partial charge in [-0.05, 0) is 56.2 Å². The maximum Gasteiger partial charge on any atom is 0.307 e. The smallest absolute Gasteiger partial charge is 0.307 e. The minimum Gasteiger partial charge on any atom is -0.481 e. The molecule has 4 rings (SSSR count). The molecule has 28 heavy (non-hydrogen) atoms. The van der Waals surface area contributed by atoms with Crippen molar-refractivity contribution < 1.29 is 14.4 Å². The fourth-order valence-corrected chi connectivity index (χ4v) is 4.27. The summed E-state index contributed by atoms with van der Waals surface area (Å²) in [6.07, 6.45) is 1.82. The lowest BCUT2D eigenvalue weighted by atomic mass is 10.1. The maximum atomic E-state index is 11.5. The van der Waals surface area contributed by atoms with E-state index in [1.165, 1.54) is 11.3 Å². The minimum atomic E-state index is -0.883. The van der Waals surface area contributed by atoms with E-state index in [1.54, 1.807) is 0 Å². The molecule has 4 aromatic rings. The number of rotatable bonds is 5. The van der Waals surface area contributed by atoms with Gasteiger partial charge in [-0.3, -0.25) is 9.36 Å². The Morgan fingerprint density at radius 1 is 1.25 bits per heavy atom. The summed E-state index contributed by atoms with van der Waals surface area (Å²) in [5.74, 6) is 0.569. The Balaban J connectivity index is 1.82. The number of aliphatic carboxylic acids is 1. The molecule has 0 atom stereocenters. The lowest BCUT2D eigenvalue weighted by Crippen LogP contribution is -1.99. The number of hydrogen-bond acceptors (Lipinski definition) is 5. The molecule has 3 heterocycles. The highest BCUT2D eigenvalue weighted by molar-refractivity contribution is 7.19. The average molecular weight is 393 g/mol. The first-order valence-electron chi connectivity index (χ1n) is 8.83. The van der Waals surface area contributed by atoms with Crippen molar-refractivity contribution in [3.8, 4) is 5.82 Å². The number of aryl methyl sites for hydroxylation is 2. The molecule has 7 heteroatoms. The molecule has 1 aromatic carbocycles. The molecule has 0 bridgehead atoms. The number of fused-ring (bicyclic) bond motifs is 1. The lowest BCUT2D eigenvalue weighted by molar-refractivity contribution is -0.135. The van der Waals surface area contributed by atoms with Crippen LogP contribution in [0.25, 0.3) is 27.7 Å². The van der Waals surface area contributed by atoms with E-state index in [2.05, 4.69) is 10.1 Å². The van der Waals surface area contributed by atoms with Crippen LogP contribution in [0.1, 0.15) is 34.1 Å². The summed E-state index contributed by atoms with van der Waals surface area (Å²) in [7, 11) is 0. The molecule has 0 saturated carbocycles. The zero-order valence-electron chi connectivity index (χ0n) is 15.8. The quantitative estimate of drug-likeness (QED) is 0.515. The highest BCUT2D eigenvalue weighted by atomic mass is 32.1. The van der Waals surface area contributed by atoms with Crippen molar-refractivity contribution in [2.24, 2.45) is 0 Å². The van der Waals surface area contributed by atoms with Crippen molar-refractivity contribution in [1.29, 1.82) is 0 Å². The monoisotopic (exact) mass is 393 g/mol. The SMILES string of the molecule is Cc1cc(-n2c(C)cc(C=C(CC(=O)O)c3nc4ccccc4s3)c2C)no1. The first-order chi connectivity index (χ1) is 13.4. The van der Waals surface area contributed by atoms with Gasteiger partial charge in [0.05, 0.1) is 16.6 Å². The number of carboxylic acid groups (broad SMARTS) is 1. The van der Waals surface area contributed by atoms with Crippen LogP contribution in [0.5, 0.6) is 0 Å². The maximum absolute atomic E-state index is 11.5. The van der Waals surface area contributed by atoms with E-state index in [1.807, 2.05) is 67.8 Å². The highest BCUT2D eigenvalue weighted by Crippen LogP contribution is 2.32. The van der Waals surface area contributed by atoms with Crippen LogP contribution in [0.4, 0.5) is 0 Å². The van der Waals surface area contributed by atoms with Gasteiger partial charge in [-0.2, -0.15) is 0 Å². The molecule has 142 valence electrons. The summed E-state index contributed by atoms with van der Waals surface area (Å²) < 4.78 is 8.24. The Hall–Kier alpha value is -3.19. The van der Waals surface area contributed by atoms with Gasteiger partial charge in [-0.1, -0.05) is 17.3 Å². The number of aromatic nitrogens is 3. The lowest BCUT2D eigenvalue weighted by Gasteiger charge is -2.05. The number of nitrogens with zero attached hydrogens (tertiary/aromatic N) is 3. The summed E-state index contributed by atoms with van der Waals surface area (Å²) in [5, 5.41) is 14.2. The third-order valence-corrected chi connectivity index (χ3v) is 5.67. The molecule has 0 aliphatic rings. The highest BCUT2D eigenvalue weighted by Gasteiger charge is 2.16. The van der Waals surface area contributed by atoms with Crippen molar-refractivity contribution in [2.75, 3.05) is 0 Å². The fourth-order valence-electron chi connectivity index (χ4n) is 3.29. The molecule has 0 spiro atoms. The van der Waals surface area contributed by atoms with Crippen molar-refractivity contribution >= 4 is 39.2 Å². The molecule has 6 nitrogen and oxygen atoms in total. The number of thiazole rings is 1. The van der Waals surface area contributed by atoms with Crippen LogP contribution in [0, 0.1) is 20.8 Å². The van der Waals surface area contributed by atoms with Gasteiger partial charge in [0, 0.05) is 17.5 Å². The van der Waals surface area contributed by atoms with Crippen LogP contribution >= 0.6 is 11.3 Å². The zero-order valence-corrected chi connectivity index (χ0v) is 16.6. The first-order valence-corrected chi connectivity index (χ1v) is 9.65. The molecule has 0 fully saturated rings. The van der Waals surface area contributed by atoms with Gasteiger partial charge in [-0.15, -0.1) is 11.3 Å². The normalized spacial score (nSPS) is 12.0.